The second-order valence-electron chi connectivity index (χ2n) is 10.1. The van der Waals surface area contributed by atoms with Crippen molar-refractivity contribution in [3.8, 4) is 0 Å². The average molecular weight is 516 g/mol. The zero-order valence-electron chi connectivity index (χ0n) is 18.1. The summed E-state index contributed by atoms with van der Waals surface area (Å²) in [5, 5.41) is 17.4. The Hall–Kier alpha value is -0.560. The number of thioether (sulfide) groups is 1. The minimum atomic E-state index is -6.17. The minimum absolute atomic E-state index is 0.0471. The Balaban J connectivity index is 1.44. The average Bonchev–Trinajstić information content (AvgIpc) is 3.50. The van der Waals surface area contributed by atoms with Gasteiger partial charge in [-0.05, 0) is 32.1 Å². The van der Waals surface area contributed by atoms with Crippen molar-refractivity contribution in [1.29, 1.82) is 0 Å². The van der Waals surface area contributed by atoms with Crippen molar-refractivity contribution in [3.05, 3.63) is 0 Å². The van der Waals surface area contributed by atoms with Gasteiger partial charge in [0.15, 0.2) is 16.3 Å². The second-order valence-corrected chi connectivity index (χ2v) is 13.0. The normalized spacial score (nSPS) is 36.2. The molecule has 2 heterocycles. The topological polar surface area (TPSA) is 124 Å². The van der Waals surface area contributed by atoms with Crippen molar-refractivity contribution < 1.29 is 45.9 Å². The fourth-order valence-electron chi connectivity index (χ4n) is 6.62. The number of carbonyl (C=O) groups is 1. The summed E-state index contributed by atoms with van der Waals surface area (Å²) in [6.45, 7) is -0.786. The van der Waals surface area contributed by atoms with Crippen molar-refractivity contribution in [2.45, 2.75) is 97.3 Å². The summed E-state index contributed by atoms with van der Waals surface area (Å²) >= 11 is 1.57. The third kappa shape index (κ3) is 4.43. The summed E-state index contributed by atoms with van der Waals surface area (Å²) in [5.41, 5.74) is -1.86. The van der Waals surface area contributed by atoms with Crippen molar-refractivity contribution in [2.75, 3.05) is 6.61 Å². The third-order valence-electron chi connectivity index (χ3n) is 8.15. The van der Waals surface area contributed by atoms with Crippen LogP contribution in [0.3, 0.4) is 0 Å². The first-order chi connectivity index (χ1) is 15.3. The van der Waals surface area contributed by atoms with Crippen LogP contribution in [0.4, 0.5) is 13.2 Å². The molecule has 2 N–H and O–H groups in total. The molecular formula is C21H30F3O7S2-. The molecule has 0 aromatic heterocycles. The fourth-order valence-corrected chi connectivity index (χ4v) is 9.37. The molecule has 2 aliphatic carbocycles. The highest BCUT2D eigenvalue weighted by molar-refractivity contribution is 8.01. The first-order valence-electron chi connectivity index (χ1n) is 11.5. The van der Waals surface area contributed by atoms with Gasteiger partial charge >= 0.3 is 11.2 Å². The van der Waals surface area contributed by atoms with E-state index in [0.29, 0.717) is 32.1 Å². The molecule has 2 saturated carbocycles. The van der Waals surface area contributed by atoms with Crippen LogP contribution in [0.25, 0.3) is 0 Å². The van der Waals surface area contributed by atoms with Gasteiger partial charge in [0.05, 0.1) is 23.7 Å². The van der Waals surface area contributed by atoms with E-state index in [1.807, 2.05) is 0 Å². The van der Waals surface area contributed by atoms with E-state index in [-0.39, 0.29) is 22.3 Å². The maximum absolute atomic E-state index is 13.7. The Morgan fingerprint density at radius 1 is 1.09 bits per heavy atom. The number of aliphatic hydroxyl groups is 2. The zero-order chi connectivity index (χ0) is 24.2. The number of hydrogen-bond acceptors (Lipinski definition) is 8. The molecule has 6 atom stereocenters. The molecule has 2 saturated heterocycles. The van der Waals surface area contributed by atoms with E-state index < -0.39 is 57.7 Å². The van der Waals surface area contributed by atoms with E-state index >= 15 is 0 Å². The van der Waals surface area contributed by atoms with Crippen LogP contribution in [0.5, 0.6) is 0 Å². The predicted octanol–water partition coefficient (Wildman–Crippen LogP) is 2.74. The Labute approximate surface area is 195 Å². The van der Waals surface area contributed by atoms with Crippen LogP contribution < -0.4 is 0 Å². The first kappa shape index (κ1) is 25.5. The summed E-state index contributed by atoms with van der Waals surface area (Å²) in [5.74, 6) is -1.77. The number of halogens is 3. The molecule has 12 heteroatoms. The lowest BCUT2D eigenvalue weighted by molar-refractivity contribution is -0.157. The number of carbonyl (C=O) groups excluding carboxylic acids is 1. The van der Waals surface area contributed by atoms with Crippen molar-refractivity contribution >= 4 is 27.8 Å². The number of esters is 1. The van der Waals surface area contributed by atoms with Crippen LogP contribution in [0.2, 0.25) is 0 Å². The molecule has 4 aliphatic rings. The Kier molecular flexibility index (Phi) is 6.83. The second kappa shape index (κ2) is 8.83. The summed E-state index contributed by atoms with van der Waals surface area (Å²) in [6, 6.07) is 0. The highest BCUT2D eigenvalue weighted by atomic mass is 32.2. The van der Waals surface area contributed by atoms with Crippen molar-refractivity contribution in [1.82, 2.24) is 0 Å². The van der Waals surface area contributed by atoms with E-state index in [1.54, 1.807) is 11.8 Å². The van der Waals surface area contributed by atoms with Gasteiger partial charge in [0, 0.05) is 28.8 Å². The summed E-state index contributed by atoms with van der Waals surface area (Å²) in [7, 11) is -6.17. The number of fused-ring (bicyclic) bond motifs is 2. The molecule has 0 radical (unpaired) electrons. The Morgan fingerprint density at radius 2 is 1.61 bits per heavy atom. The molecule has 7 nitrogen and oxygen atoms in total. The maximum Gasteiger partial charge on any atom is 0.364 e. The van der Waals surface area contributed by atoms with E-state index in [4.69, 9.17) is 4.74 Å². The van der Waals surface area contributed by atoms with E-state index in [1.165, 1.54) is 0 Å². The summed E-state index contributed by atoms with van der Waals surface area (Å²) in [6.07, 6.45) is 2.09. The summed E-state index contributed by atoms with van der Waals surface area (Å²) < 4.78 is 76.9. The quantitative estimate of drug-likeness (QED) is 0.374. The molecule has 0 aromatic rings. The lowest BCUT2D eigenvalue weighted by Gasteiger charge is -2.47. The Bertz CT molecular complexity index is 856. The molecule has 190 valence electrons. The highest BCUT2D eigenvalue weighted by Crippen LogP contribution is 2.65. The molecule has 6 unspecified atom stereocenters. The number of alkyl halides is 3. The van der Waals surface area contributed by atoms with Crippen LogP contribution in [0.15, 0.2) is 0 Å². The van der Waals surface area contributed by atoms with Gasteiger partial charge in [-0.3, -0.25) is 4.79 Å². The monoisotopic (exact) mass is 515 g/mol. The smallest absolute Gasteiger partial charge is 0.364 e. The van der Waals surface area contributed by atoms with Crippen LogP contribution in [0, 0.1) is 17.8 Å². The molecule has 0 aromatic carbocycles. The van der Waals surface area contributed by atoms with Gasteiger partial charge in [-0.1, -0.05) is 25.7 Å². The van der Waals surface area contributed by atoms with Gasteiger partial charge in [-0.15, -0.1) is 0 Å². The molecule has 4 rings (SSSR count). The van der Waals surface area contributed by atoms with Crippen molar-refractivity contribution in [2.24, 2.45) is 17.8 Å². The maximum atomic E-state index is 13.7. The lowest BCUT2D eigenvalue weighted by atomic mass is 9.60. The van der Waals surface area contributed by atoms with E-state index in [2.05, 4.69) is 0 Å². The van der Waals surface area contributed by atoms with Gasteiger partial charge in [0.2, 0.25) is 0 Å². The van der Waals surface area contributed by atoms with Crippen LogP contribution in [0.1, 0.15) is 64.2 Å². The molecule has 33 heavy (non-hydrogen) atoms. The number of hydrogen-bond donors (Lipinski definition) is 2. The highest BCUT2D eigenvalue weighted by Gasteiger charge is 2.66. The molecule has 2 aliphatic heterocycles. The van der Waals surface area contributed by atoms with Gasteiger partial charge in [-0.25, -0.2) is 12.8 Å². The molecule has 4 fully saturated rings. The number of rotatable bonds is 8. The van der Waals surface area contributed by atoms with Crippen LogP contribution >= 0.6 is 11.8 Å². The lowest BCUT2D eigenvalue weighted by Crippen LogP contribution is -2.56. The largest absolute Gasteiger partial charge is 0.743 e. The van der Waals surface area contributed by atoms with Gasteiger partial charge in [0.25, 0.3) is 0 Å². The van der Waals surface area contributed by atoms with E-state index in [9.17, 15) is 41.1 Å². The minimum Gasteiger partial charge on any atom is -0.743 e. The Morgan fingerprint density at radius 3 is 2.12 bits per heavy atom. The molecular weight excluding hydrogens is 485 g/mol. The molecule has 0 amide bonds. The van der Waals surface area contributed by atoms with Gasteiger partial charge in [0.1, 0.15) is 0 Å². The van der Waals surface area contributed by atoms with Gasteiger partial charge < -0.3 is 19.5 Å². The standard InChI is InChI=1S/C21H31F3O7S2/c22-14(21(23,24)33(28,29)30)5-10-31-18(25)12-11-13-15(19(26)6-1-2-7-19)16(17(12)32-13)20(27)8-3-4-9-20/h12-17,26-27H,1-11H2,(H,28,29,30)/p-1. The number of ether oxygens (including phenoxy) is 1. The molecule has 2 bridgehead atoms. The van der Waals surface area contributed by atoms with Crippen molar-refractivity contribution in [3.63, 3.8) is 0 Å². The summed E-state index contributed by atoms with van der Waals surface area (Å²) in [4.78, 5) is 12.8. The molecule has 0 spiro atoms. The van der Waals surface area contributed by atoms with Crippen LogP contribution in [-0.2, 0) is 19.6 Å². The fraction of sp³-hybridized carbons (Fsp3) is 0.952. The zero-order valence-corrected chi connectivity index (χ0v) is 19.8. The third-order valence-corrected chi connectivity index (χ3v) is 10.8. The van der Waals surface area contributed by atoms with Crippen LogP contribution in [-0.4, -0.2) is 68.9 Å². The predicted molar refractivity (Wildman–Crippen MR) is 112 cm³/mol. The SMILES string of the molecule is O=C(OCCC(F)C(F)(F)S(=O)(=O)[O-])C1CC2SC1C(C1(O)CCCC1)C2C1(O)CCCC1. The van der Waals surface area contributed by atoms with Gasteiger partial charge in [-0.2, -0.15) is 20.5 Å². The first-order valence-corrected chi connectivity index (χ1v) is 13.9. The van der Waals surface area contributed by atoms with E-state index in [0.717, 1.165) is 25.7 Å².